The van der Waals surface area contributed by atoms with Crippen LogP contribution in [0.25, 0.3) is 11.0 Å². The van der Waals surface area contributed by atoms with Gasteiger partial charge in [-0.05, 0) is 18.1 Å². The number of ether oxygens (including phenoxy) is 1. The standard InChI is InChI=1S/C15H16O4/c1-9(2)13(15(17)18-3)14(16)12-8-10-6-4-5-7-11(10)19-12/h4-9,13H,1-3H3. The summed E-state index contributed by atoms with van der Waals surface area (Å²) in [6.07, 6.45) is 0. The molecule has 2 aromatic rings. The van der Waals surface area contributed by atoms with Crippen LogP contribution < -0.4 is 0 Å². The largest absolute Gasteiger partial charge is 0.468 e. The van der Waals surface area contributed by atoms with Crippen molar-refractivity contribution in [1.82, 2.24) is 0 Å². The average molecular weight is 260 g/mol. The average Bonchev–Trinajstić information content (AvgIpc) is 2.81. The van der Waals surface area contributed by atoms with Gasteiger partial charge in [0.15, 0.2) is 5.76 Å². The van der Waals surface area contributed by atoms with Gasteiger partial charge in [0.2, 0.25) is 5.78 Å². The molecular formula is C15H16O4. The molecule has 0 N–H and O–H groups in total. The lowest BCUT2D eigenvalue weighted by atomic mass is 9.90. The highest BCUT2D eigenvalue weighted by molar-refractivity contribution is 6.08. The van der Waals surface area contributed by atoms with Crippen molar-refractivity contribution < 1.29 is 18.7 Å². The smallest absolute Gasteiger partial charge is 0.316 e. The highest BCUT2D eigenvalue weighted by Gasteiger charge is 2.33. The summed E-state index contributed by atoms with van der Waals surface area (Å²) in [7, 11) is 1.28. The van der Waals surface area contributed by atoms with Gasteiger partial charge in [0, 0.05) is 5.39 Å². The Morgan fingerprint density at radius 2 is 1.89 bits per heavy atom. The topological polar surface area (TPSA) is 56.5 Å². The van der Waals surface area contributed by atoms with Crippen LogP contribution in [0.5, 0.6) is 0 Å². The predicted molar refractivity (Wildman–Crippen MR) is 70.9 cm³/mol. The molecule has 4 heteroatoms. The molecule has 1 heterocycles. The van der Waals surface area contributed by atoms with Crippen LogP contribution in [0.4, 0.5) is 0 Å². The van der Waals surface area contributed by atoms with Gasteiger partial charge in [0.05, 0.1) is 7.11 Å². The molecule has 0 aliphatic rings. The lowest BCUT2D eigenvalue weighted by Crippen LogP contribution is -2.29. The number of furan rings is 1. The highest BCUT2D eigenvalue weighted by Crippen LogP contribution is 2.24. The number of hydrogen-bond donors (Lipinski definition) is 0. The van der Waals surface area contributed by atoms with E-state index < -0.39 is 11.9 Å². The maximum absolute atomic E-state index is 12.4. The van der Waals surface area contributed by atoms with E-state index in [0.717, 1.165) is 5.39 Å². The lowest BCUT2D eigenvalue weighted by Gasteiger charge is -2.15. The Balaban J connectivity index is 2.38. The summed E-state index contributed by atoms with van der Waals surface area (Å²) < 4.78 is 10.2. The van der Waals surface area contributed by atoms with E-state index in [1.54, 1.807) is 12.1 Å². The highest BCUT2D eigenvalue weighted by atomic mass is 16.5. The van der Waals surface area contributed by atoms with E-state index in [4.69, 9.17) is 4.42 Å². The van der Waals surface area contributed by atoms with E-state index in [-0.39, 0.29) is 17.5 Å². The van der Waals surface area contributed by atoms with Crippen LogP contribution in [0.2, 0.25) is 0 Å². The quantitative estimate of drug-likeness (QED) is 0.481. The molecule has 1 atom stereocenters. The van der Waals surface area contributed by atoms with Gasteiger partial charge in [-0.3, -0.25) is 9.59 Å². The van der Waals surface area contributed by atoms with Gasteiger partial charge in [-0.15, -0.1) is 0 Å². The van der Waals surface area contributed by atoms with E-state index in [1.807, 2.05) is 32.0 Å². The van der Waals surface area contributed by atoms with E-state index in [9.17, 15) is 9.59 Å². The fourth-order valence-electron chi connectivity index (χ4n) is 2.07. The maximum atomic E-state index is 12.4. The fourth-order valence-corrected chi connectivity index (χ4v) is 2.07. The van der Waals surface area contributed by atoms with Crippen molar-refractivity contribution >= 4 is 22.7 Å². The molecule has 4 nitrogen and oxygen atoms in total. The van der Waals surface area contributed by atoms with Gasteiger partial charge < -0.3 is 9.15 Å². The number of rotatable bonds is 4. The molecule has 0 saturated carbocycles. The Morgan fingerprint density at radius 3 is 2.47 bits per heavy atom. The molecule has 0 saturated heterocycles. The first-order valence-electron chi connectivity index (χ1n) is 6.15. The molecule has 0 bridgehead atoms. The van der Waals surface area contributed by atoms with E-state index >= 15 is 0 Å². The molecule has 0 aliphatic carbocycles. The van der Waals surface area contributed by atoms with E-state index in [1.165, 1.54) is 7.11 Å². The molecule has 0 aliphatic heterocycles. The molecule has 100 valence electrons. The van der Waals surface area contributed by atoms with Gasteiger partial charge in [-0.25, -0.2) is 0 Å². The minimum Gasteiger partial charge on any atom is -0.468 e. The van der Waals surface area contributed by atoms with E-state index in [0.29, 0.717) is 5.58 Å². The molecule has 1 aromatic heterocycles. The number of hydrogen-bond acceptors (Lipinski definition) is 4. The number of carbonyl (C=O) groups is 2. The number of benzene rings is 1. The Hall–Kier alpha value is -2.10. The molecule has 2 rings (SSSR count). The summed E-state index contributed by atoms with van der Waals surface area (Å²) in [6, 6.07) is 9.01. The fraction of sp³-hybridized carbons (Fsp3) is 0.333. The summed E-state index contributed by atoms with van der Waals surface area (Å²) in [6.45, 7) is 3.62. The zero-order valence-electron chi connectivity index (χ0n) is 11.2. The second-order valence-electron chi connectivity index (χ2n) is 4.76. The van der Waals surface area contributed by atoms with Crippen molar-refractivity contribution in [3.8, 4) is 0 Å². The van der Waals surface area contributed by atoms with Crippen LogP contribution in [-0.2, 0) is 9.53 Å². The van der Waals surface area contributed by atoms with Crippen LogP contribution in [-0.4, -0.2) is 18.9 Å². The van der Waals surface area contributed by atoms with Gasteiger partial charge >= 0.3 is 5.97 Å². The number of carbonyl (C=O) groups excluding carboxylic acids is 2. The van der Waals surface area contributed by atoms with Crippen molar-refractivity contribution in [2.75, 3.05) is 7.11 Å². The molecule has 0 fully saturated rings. The maximum Gasteiger partial charge on any atom is 0.316 e. The monoisotopic (exact) mass is 260 g/mol. The number of para-hydroxylation sites is 1. The Labute approximate surface area is 111 Å². The van der Waals surface area contributed by atoms with Crippen LogP contribution >= 0.6 is 0 Å². The van der Waals surface area contributed by atoms with Crippen molar-refractivity contribution in [1.29, 1.82) is 0 Å². The molecular weight excluding hydrogens is 244 g/mol. The molecule has 19 heavy (non-hydrogen) atoms. The van der Waals surface area contributed by atoms with Gasteiger partial charge in [0.25, 0.3) is 0 Å². The summed E-state index contributed by atoms with van der Waals surface area (Å²) in [5.74, 6) is -1.64. The van der Waals surface area contributed by atoms with Crippen LogP contribution in [0, 0.1) is 11.8 Å². The first kappa shape index (κ1) is 13.3. The SMILES string of the molecule is COC(=O)C(C(=O)c1cc2ccccc2o1)C(C)C. The van der Waals surface area contributed by atoms with Gasteiger partial charge in [-0.2, -0.15) is 0 Å². The number of esters is 1. The Bertz CT molecular complexity index is 576. The van der Waals surface area contributed by atoms with Gasteiger partial charge in [-0.1, -0.05) is 32.0 Å². The molecule has 0 spiro atoms. The molecule has 0 amide bonds. The van der Waals surface area contributed by atoms with Crippen molar-refractivity contribution in [2.24, 2.45) is 11.8 Å². The lowest BCUT2D eigenvalue weighted by molar-refractivity contribution is -0.144. The predicted octanol–water partition coefficient (Wildman–Crippen LogP) is 3.06. The summed E-state index contributed by atoms with van der Waals surface area (Å²) in [5, 5.41) is 0.846. The summed E-state index contributed by atoms with van der Waals surface area (Å²) in [5.41, 5.74) is 0.637. The summed E-state index contributed by atoms with van der Waals surface area (Å²) in [4.78, 5) is 24.1. The van der Waals surface area contributed by atoms with Crippen molar-refractivity contribution in [3.63, 3.8) is 0 Å². The van der Waals surface area contributed by atoms with Crippen LogP contribution in [0.1, 0.15) is 24.4 Å². The number of Topliss-reactive ketones (excluding diaryl/α,β-unsaturated/α-hetero) is 1. The Kier molecular flexibility index (Phi) is 3.69. The second-order valence-corrected chi connectivity index (χ2v) is 4.76. The van der Waals surface area contributed by atoms with Crippen molar-refractivity contribution in [2.45, 2.75) is 13.8 Å². The second kappa shape index (κ2) is 5.26. The first-order valence-corrected chi connectivity index (χ1v) is 6.15. The van der Waals surface area contributed by atoms with Crippen molar-refractivity contribution in [3.05, 3.63) is 36.1 Å². The number of ketones is 1. The van der Waals surface area contributed by atoms with E-state index in [2.05, 4.69) is 4.74 Å². The third-order valence-electron chi connectivity index (χ3n) is 3.07. The minimum absolute atomic E-state index is 0.145. The van der Waals surface area contributed by atoms with Crippen LogP contribution in [0.3, 0.4) is 0 Å². The summed E-state index contributed by atoms with van der Waals surface area (Å²) >= 11 is 0. The third-order valence-corrected chi connectivity index (χ3v) is 3.07. The molecule has 1 unspecified atom stereocenters. The zero-order valence-corrected chi connectivity index (χ0v) is 11.2. The van der Waals surface area contributed by atoms with Gasteiger partial charge in [0.1, 0.15) is 11.5 Å². The number of fused-ring (bicyclic) bond motifs is 1. The van der Waals surface area contributed by atoms with Crippen LogP contribution in [0.15, 0.2) is 34.7 Å². The molecule has 1 aromatic carbocycles. The number of methoxy groups -OCH3 is 1. The molecule has 0 radical (unpaired) electrons. The first-order chi connectivity index (χ1) is 9.04. The third kappa shape index (κ3) is 2.52. The normalized spacial score (nSPS) is 12.6. The Morgan fingerprint density at radius 1 is 1.21 bits per heavy atom. The minimum atomic E-state index is -0.828. The zero-order chi connectivity index (χ0) is 14.0.